The third-order valence-corrected chi connectivity index (χ3v) is 8.04. The van der Waals surface area contributed by atoms with Gasteiger partial charge in [-0.1, -0.05) is 0 Å². The van der Waals surface area contributed by atoms with Crippen LogP contribution >= 0.6 is 0 Å². The lowest BCUT2D eigenvalue weighted by molar-refractivity contribution is -0.191. The van der Waals surface area contributed by atoms with E-state index in [1.54, 1.807) is 54.8 Å². The molecule has 2 atom stereocenters. The minimum Gasteiger partial charge on any atom is -0.444 e. The van der Waals surface area contributed by atoms with E-state index in [1.807, 2.05) is 0 Å². The van der Waals surface area contributed by atoms with E-state index in [-0.39, 0.29) is 25.6 Å². The van der Waals surface area contributed by atoms with E-state index in [2.05, 4.69) is 21.9 Å². The van der Waals surface area contributed by atoms with Crippen LogP contribution in [0.5, 0.6) is 0 Å². The number of likely N-dealkylation sites (tertiary alicyclic amines) is 1. The molecule has 3 heterocycles. The van der Waals surface area contributed by atoms with E-state index in [0.29, 0.717) is 48.1 Å². The van der Waals surface area contributed by atoms with Crippen LogP contribution in [-0.2, 0) is 9.53 Å². The first-order chi connectivity index (χ1) is 18.3. The molecule has 39 heavy (non-hydrogen) atoms. The normalized spacial score (nSPS) is 25.3. The van der Waals surface area contributed by atoms with Crippen molar-refractivity contribution in [3.63, 3.8) is 0 Å². The van der Waals surface area contributed by atoms with Gasteiger partial charge in [0.25, 0.3) is 0 Å². The van der Waals surface area contributed by atoms with Crippen LogP contribution in [0, 0.1) is 22.2 Å². The van der Waals surface area contributed by atoms with Gasteiger partial charge in [-0.2, -0.15) is 18.4 Å². The third-order valence-electron chi connectivity index (χ3n) is 8.04. The lowest BCUT2D eigenvalue weighted by Crippen LogP contribution is -2.53. The number of nitrogens with one attached hydrogen (secondary N) is 2. The zero-order valence-electron chi connectivity index (χ0n) is 22.1. The monoisotopic (exact) mass is 544 g/mol. The van der Waals surface area contributed by atoms with Gasteiger partial charge in [0.1, 0.15) is 17.1 Å². The van der Waals surface area contributed by atoms with Crippen molar-refractivity contribution in [2.24, 2.45) is 10.8 Å². The Balaban J connectivity index is 1.28. The number of hydrogen-bond donors (Lipinski definition) is 2. The van der Waals surface area contributed by atoms with Crippen molar-refractivity contribution in [3.8, 4) is 6.07 Å². The maximum Gasteiger partial charge on any atom is 0.410 e. The van der Waals surface area contributed by atoms with E-state index in [9.17, 15) is 28.0 Å². The molecule has 2 saturated heterocycles. The average Bonchev–Trinajstić information content (AvgIpc) is 3.43. The Kier molecular flexibility index (Phi) is 6.41. The predicted molar refractivity (Wildman–Crippen MR) is 136 cm³/mol. The van der Waals surface area contributed by atoms with E-state index in [4.69, 9.17) is 4.74 Å². The molecule has 1 aliphatic carbocycles. The molecule has 1 saturated carbocycles. The minimum atomic E-state index is -4.57. The number of benzene rings is 1. The smallest absolute Gasteiger partial charge is 0.410 e. The number of carbonyl (C=O) groups excluding carboxylic acids is 2. The number of hydrazine groups is 1. The summed E-state index contributed by atoms with van der Waals surface area (Å²) in [6, 6.07) is 8.45. The fourth-order valence-corrected chi connectivity index (χ4v) is 5.94. The van der Waals surface area contributed by atoms with E-state index >= 15 is 0 Å². The molecule has 2 aromatic rings. The molecule has 1 aromatic heterocycles. The molecule has 0 unspecified atom stereocenters. The Morgan fingerprint density at radius 2 is 1.87 bits per heavy atom. The van der Waals surface area contributed by atoms with Gasteiger partial charge in [-0.25, -0.2) is 10.2 Å². The average molecular weight is 545 g/mol. The summed E-state index contributed by atoms with van der Waals surface area (Å²) in [6.45, 7) is 5.73. The van der Waals surface area contributed by atoms with Gasteiger partial charge in [0.15, 0.2) is 0 Å². The number of alkyl halides is 3. The molecule has 0 radical (unpaired) electrons. The number of pyridine rings is 1. The SMILES string of the molecule is CC(C)(C)OC(=O)N1CCC(NNC(=O)[C@]23CN(c4ccc(C#N)c5ncccc45)C[C@@]2(C(F)(F)F)C3)CC1. The number of rotatable bonds is 4. The number of halogens is 3. The van der Waals surface area contributed by atoms with E-state index in [1.165, 1.54) is 6.20 Å². The summed E-state index contributed by atoms with van der Waals surface area (Å²) in [4.78, 5) is 33.0. The highest BCUT2D eigenvalue weighted by molar-refractivity contribution is 5.97. The van der Waals surface area contributed by atoms with Crippen molar-refractivity contribution < 1.29 is 27.5 Å². The van der Waals surface area contributed by atoms with Crippen LogP contribution in [-0.4, -0.2) is 65.9 Å². The molecule has 0 bridgehead atoms. The molecule has 2 aliphatic heterocycles. The summed E-state index contributed by atoms with van der Waals surface area (Å²) in [6.07, 6.45) is -2.69. The van der Waals surface area contributed by atoms with Gasteiger partial charge in [-0.15, -0.1) is 0 Å². The Hall–Kier alpha value is -3.59. The summed E-state index contributed by atoms with van der Waals surface area (Å²) in [5, 5.41) is 9.99. The van der Waals surface area contributed by atoms with Gasteiger partial charge >= 0.3 is 12.3 Å². The predicted octanol–water partition coefficient (Wildman–Crippen LogP) is 3.89. The quantitative estimate of drug-likeness (QED) is 0.562. The number of aromatic nitrogens is 1. The number of anilines is 1. The molecule has 12 heteroatoms. The standard InChI is InChI=1S/C27H31F3N6O3/c1-24(2,3)39-23(38)35-11-8-18(9-12-35)33-34-22(37)25-14-26(25,27(28,29)30)16-36(15-25)20-7-6-17(13-31)21-19(20)5-4-10-32-21/h4-7,10,18,33H,8-9,11-12,14-16H2,1-3H3,(H,34,37)/t25-,26-/m0/s1. The first-order valence-corrected chi connectivity index (χ1v) is 12.9. The second kappa shape index (κ2) is 9.26. The van der Waals surface area contributed by atoms with Gasteiger partial charge in [0.05, 0.1) is 16.5 Å². The Bertz CT molecular complexity index is 1340. The number of fused-ring (bicyclic) bond motifs is 2. The number of amides is 2. The van der Waals surface area contributed by atoms with Crippen LogP contribution in [0.15, 0.2) is 30.5 Å². The van der Waals surface area contributed by atoms with Crippen LogP contribution in [0.2, 0.25) is 0 Å². The van der Waals surface area contributed by atoms with Crippen molar-refractivity contribution in [2.45, 2.75) is 57.9 Å². The molecule has 2 N–H and O–H groups in total. The highest BCUT2D eigenvalue weighted by Crippen LogP contribution is 2.75. The van der Waals surface area contributed by atoms with Crippen molar-refractivity contribution in [2.75, 3.05) is 31.1 Å². The number of ether oxygens (including phenoxy) is 1. The fraction of sp³-hybridized carbons (Fsp3) is 0.556. The van der Waals surface area contributed by atoms with E-state index in [0.717, 1.165) is 0 Å². The molecule has 1 aromatic carbocycles. The maximum absolute atomic E-state index is 14.4. The molecular formula is C27H31F3N6O3. The molecule has 3 aliphatic rings. The molecule has 9 nitrogen and oxygen atoms in total. The van der Waals surface area contributed by atoms with E-state index < -0.39 is 34.6 Å². The molecule has 2 amide bonds. The highest BCUT2D eigenvalue weighted by atomic mass is 19.4. The van der Waals surface area contributed by atoms with Gasteiger partial charge in [-0.3, -0.25) is 15.2 Å². The Morgan fingerprint density at radius 1 is 1.15 bits per heavy atom. The topological polar surface area (TPSA) is 111 Å². The summed E-state index contributed by atoms with van der Waals surface area (Å²) in [7, 11) is 0. The van der Waals surface area contributed by atoms with Crippen molar-refractivity contribution in [1.29, 1.82) is 5.26 Å². The number of carbonyl (C=O) groups is 2. The van der Waals surface area contributed by atoms with Crippen molar-refractivity contribution >= 4 is 28.6 Å². The Morgan fingerprint density at radius 3 is 2.51 bits per heavy atom. The number of hydrogen-bond acceptors (Lipinski definition) is 7. The van der Waals surface area contributed by atoms with Gasteiger partial charge in [0, 0.05) is 49.5 Å². The molecule has 3 fully saturated rings. The molecule has 208 valence electrons. The third kappa shape index (κ3) is 4.62. The molecular weight excluding hydrogens is 513 g/mol. The van der Waals surface area contributed by atoms with Crippen LogP contribution < -0.4 is 15.8 Å². The molecule has 5 rings (SSSR count). The summed E-state index contributed by atoms with van der Waals surface area (Å²) < 4.78 is 48.6. The number of piperidine rings is 2. The van der Waals surface area contributed by atoms with Gasteiger partial charge < -0.3 is 14.5 Å². The lowest BCUT2D eigenvalue weighted by atomic mass is 9.95. The van der Waals surface area contributed by atoms with Crippen molar-refractivity contribution in [3.05, 3.63) is 36.0 Å². The van der Waals surface area contributed by atoms with Crippen LogP contribution in [0.3, 0.4) is 0 Å². The first kappa shape index (κ1) is 27.0. The van der Waals surface area contributed by atoms with Crippen LogP contribution in [0.25, 0.3) is 10.9 Å². The van der Waals surface area contributed by atoms with Gasteiger partial charge in [0.2, 0.25) is 5.91 Å². The first-order valence-electron chi connectivity index (χ1n) is 12.9. The summed E-state index contributed by atoms with van der Waals surface area (Å²) in [5.74, 6) is -0.687. The largest absolute Gasteiger partial charge is 0.444 e. The lowest BCUT2D eigenvalue weighted by Gasteiger charge is -2.34. The zero-order chi connectivity index (χ0) is 28.2. The van der Waals surface area contributed by atoms with Crippen molar-refractivity contribution in [1.82, 2.24) is 20.7 Å². The molecule has 0 spiro atoms. The number of nitrogens with zero attached hydrogens (tertiary/aromatic N) is 4. The second-order valence-corrected chi connectivity index (χ2v) is 11.7. The van der Waals surface area contributed by atoms with Crippen LogP contribution in [0.1, 0.15) is 45.6 Å². The highest BCUT2D eigenvalue weighted by Gasteiger charge is 2.86. The summed E-state index contributed by atoms with van der Waals surface area (Å²) >= 11 is 0. The zero-order valence-corrected chi connectivity index (χ0v) is 22.1. The summed E-state index contributed by atoms with van der Waals surface area (Å²) in [5.41, 5.74) is 2.36. The number of nitriles is 1. The minimum absolute atomic E-state index is 0.104. The maximum atomic E-state index is 14.4. The van der Waals surface area contributed by atoms with Gasteiger partial charge in [-0.05, 0) is 64.3 Å². The second-order valence-electron chi connectivity index (χ2n) is 11.7. The van der Waals surface area contributed by atoms with Crippen LogP contribution in [0.4, 0.5) is 23.7 Å². The fourth-order valence-electron chi connectivity index (χ4n) is 5.94. The Labute approximate surface area is 224 Å².